The SMILES string of the molecule is CC(C)(NC(=O)Cc1cscn1)C(N)=O. The van der Waals surface area contributed by atoms with Crippen molar-refractivity contribution >= 4 is 23.2 Å². The molecule has 0 spiro atoms. The maximum atomic E-state index is 11.5. The number of thiazole rings is 1. The first kappa shape index (κ1) is 11.6. The van der Waals surface area contributed by atoms with Crippen LogP contribution in [0, 0.1) is 0 Å². The number of nitrogens with zero attached hydrogens (tertiary/aromatic N) is 1. The molecule has 82 valence electrons. The van der Waals surface area contributed by atoms with Gasteiger partial charge in [-0.25, -0.2) is 4.98 Å². The largest absolute Gasteiger partial charge is 0.368 e. The van der Waals surface area contributed by atoms with Crippen LogP contribution in [-0.4, -0.2) is 22.3 Å². The monoisotopic (exact) mass is 227 g/mol. The van der Waals surface area contributed by atoms with E-state index in [1.807, 2.05) is 0 Å². The lowest BCUT2D eigenvalue weighted by Crippen LogP contribution is -2.53. The average Bonchev–Trinajstić information content (AvgIpc) is 2.54. The first-order valence-corrected chi connectivity index (χ1v) is 5.34. The number of nitrogens with two attached hydrogens (primary N) is 1. The molecule has 0 saturated heterocycles. The molecule has 2 amide bonds. The van der Waals surface area contributed by atoms with Crippen LogP contribution in [0.4, 0.5) is 0 Å². The molecule has 0 bridgehead atoms. The topological polar surface area (TPSA) is 85.1 Å². The molecule has 1 rings (SSSR count). The number of rotatable bonds is 4. The number of amides is 2. The van der Waals surface area contributed by atoms with Gasteiger partial charge in [-0.2, -0.15) is 0 Å². The summed E-state index contributed by atoms with van der Waals surface area (Å²) in [5, 5.41) is 4.33. The Balaban J connectivity index is 2.53. The summed E-state index contributed by atoms with van der Waals surface area (Å²) in [4.78, 5) is 26.4. The maximum absolute atomic E-state index is 11.5. The minimum atomic E-state index is -1.02. The highest BCUT2D eigenvalue weighted by molar-refractivity contribution is 7.07. The Labute approximate surface area is 91.7 Å². The van der Waals surface area contributed by atoms with E-state index >= 15 is 0 Å². The highest BCUT2D eigenvalue weighted by atomic mass is 32.1. The van der Waals surface area contributed by atoms with Crippen molar-refractivity contribution in [2.45, 2.75) is 25.8 Å². The van der Waals surface area contributed by atoms with E-state index in [9.17, 15) is 9.59 Å². The van der Waals surface area contributed by atoms with Gasteiger partial charge >= 0.3 is 0 Å². The molecule has 1 heterocycles. The fraction of sp³-hybridized carbons (Fsp3) is 0.444. The van der Waals surface area contributed by atoms with Gasteiger partial charge in [-0.05, 0) is 13.8 Å². The Morgan fingerprint density at radius 1 is 1.60 bits per heavy atom. The van der Waals surface area contributed by atoms with Gasteiger partial charge in [0, 0.05) is 5.38 Å². The molecule has 0 unspecified atom stereocenters. The predicted octanol–water partition coefficient (Wildman–Crippen LogP) is 0.0657. The number of nitrogens with one attached hydrogen (secondary N) is 1. The molecule has 0 aliphatic rings. The average molecular weight is 227 g/mol. The Hall–Kier alpha value is -1.43. The smallest absolute Gasteiger partial charge is 0.242 e. The molecule has 0 aliphatic carbocycles. The lowest BCUT2D eigenvalue weighted by atomic mass is 10.0. The number of carbonyl (C=O) groups is 2. The van der Waals surface area contributed by atoms with E-state index in [0.29, 0.717) is 5.69 Å². The summed E-state index contributed by atoms with van der Waals surface area (Å²) < 4.78 is 0. The summed E-state index contributed by atoms with van der Waals surface area (Å²) in [5.41, 5.74) is 6.45. The third kappa shape index (κ3) is 3.32. The van der Waals surface area contributed by atoms with E-state index < -0.39 is 11.4 Å². The van der Waals surface area contributed by atoms with Crippen molar-refractivity contribution in [2.24, 2.45) is 5.73 Å². The molecule has 0 fully saturated rings. The molecule has 3 N–H and O–H groups in total. The fourth-order valence-corrected chi connectivity index (χ4v) is 1.50. The second-order valence-corrected chi connectivity index (χ2v) is 4.41. The highest BCUT2D eigenvalue weighted by Crippen LogP contribution is 2.04. The van der Waals surface area contributed by atoms with Crippen molar-refractivity contribution in [3.05, 3.63) is 16.6 Å². The normalized spacial score (nSPS) is 11.1. The van der Waals surface area contributed by atoms with Crippen LogP contribution >= 0.6 is 11.3 Å². The maximum Gasteiger partial charge on any atom is 0.242 e. The number of hydrogen-bond donors (Lipinski definition) is 2. The molecule has 0 saturated carbocycles. The van der Waals surface area contributed by atoms with Crippen LogP contribution in [0.2, 0.25) is 0 Å². The van der Waals surface area contributed by atoms with Gasteiger partial charge in [-0.1, -0.05) is 0 Å². The van der Waals surface area contributed by atoms with Crippen LogP contribution in [0.5, 0.6) is 0 Å². The number of primary amides is 1. The lowest BCUT2D eigenvalue weighted by molar-refractivity contribution is -0.130. The van der Waals surface area contributed by atoms with Crippen molar-refractivity contribution in [3.63, 3.8) is 0 Å². The summed E-state index contributed by atoms with van der Waals surface area (Å²) in [5.74, 6) is -0.821. The highest BCUT2D eigenvalue weighted by Gasteiger charge is 2.26. The molecular formula is C9H13N3O2S. The third-order valence-electron chi connectivity index (χ3n) is 1.89. The third-order valence-corrected chi connectivity index (χ3v) is 2.53. The fourth-order valence-electron chi connectivity index (χ4n) is 0.944. The minimum Gasteiger partial charge on any atom is -0.368 e. The molecule has 1 aromatic rings. The van der Waals surface area contributed by atoms with Crippen LogP contribution in [0.3, 0.4) is 0 Å². The molecule has 0 aliphatic heterocycles. The van der Waals surface area contributed by atoms with E-state index in [2.05, 4.69) is 10.3 Å². The molecule has 0 aromatic carbocycles. The molecular weight excluding hydrogens is 214 g/mol. The van der Waals surface area contributed by atoms with Crippen LogP contribution in [0.1, 0.15) is 19.5 Å². The zero-order valence-electron chi connectivity index (χ0n) is 8.61. The minimum absolute atomic E-state index is 0.167. The second kappa shape index (κ2) is 4.39. The number of aromatic nitrogens is 1. The summed E-state index contributed by atoms with van der Waals surface area (Å²) in [6.45, 7) is 3.13. The van der Waals surface area contributed by atoms with Gasteiger partial charge in [-0.3, -0.25) is 9.59 Å². The predicted molar refractivity (Wildman–Crippen MR) is 57.2 cm³/mol. The van der Waals surface area contributed by atoms with Gasteiger partial charge < -0.3 is 11.1 Å². The van der Waals surface area contributed by atoms with Crippen LogP contribution in [0.15, 0.2) is 10.9 Å². The standard InChI is InChI=1S/C9H13N3O2S/c1-9(2,8(10)14)12-7(13)3-6-4-15-5-11-6/h4-5H,3H2,1-2H3,(H2,10,14)(H,12,13). The van der Waals surface area contributed by atoms with Gasteiger partial charge in [0.1, 0.15) is 5.54 Å². The second-order valence-electron chi connectivity index (χ2n) is 3.69. The van der Waals surface area contributed by atoms with Crippen LogP contribution in [-0.2, 0) is 16.0 Å². The molecule has 5 nitrogen and oxygen atoms in total. The van der Waals surface area contributed by atoms with E-state index in [4.69, 9.17) is 5.73 Å². The van der Waals surface area contributed by atoms with E-state index in [1.165, 1.54) is 11.3 Å². The van der Waals surface area contributed by atoms with Gasteiger partial charge in [-0.15, -0.1) is 11.3 Å². The molecule has 0 atom stereocenters. The Morgan fingerprint density at radius 2 is 2.27 bits per heavy atom. The van der Waals surface area contributed by atoms with Crippen molar-refractivity contribution in [3.8, 4) is 0 Å². The Bertz CT molecular complexity index is 359. The quantitative estimate of drug-likeness (QED) is 0.763. The summed E-state index contributed by atoms with van der Waals surface area (Å²) in [6.07, 6.45) is 0.167. The zero-order valence-corrected chi connectivity index (χ0v) is 9.43. The van der Waals surface area contributed by atoms with Crippen LogP contribution < -0.4 is 11.1 Å². The van der Waals surface area contributed by atoms with Crippen molar-refractivity contribution in [1.29, 1.82) is 0 Å². The first-order valence-electron chi connectivity index (χ1n) is 4.40. The van der Waals surface area contributed by atoms with E-state index in [-0.39, 0.29) is 12.3 Å². The lowest BCUT2D eigenvalue weighted by Gasteiger charge is -2.21. The zero-order chi connectivity index (χ0) is 11.5. The van der Waals surface area contributed by atoms with Gasteiger partial charge in [0.05, 0.1) is 17.6 Å². The van der Waals surface area contributed by atoms with Crippen LogP contribution in [0.25, 0.3) is 0 Å². The molecule has 15 heavy (non-hydrogen) atoms. The molecule has 6 heteroatoms. The van der Waals surface area contributed by atoms with Crippen molar-refractivity contribution in [1.82, 2.24) is 10.3 Å². The molecule has 0 radical (unpaired) electrons. The summed E-state index contributed by atoms with van der Waals surface area (Å²) in [7, 11) is 0. The van der Waals surface area contributed by atoms with E-state index in [1.54, 1.807) is 24.7 Å². The number of carbonyl (C=O) groups excluding carboxylic acids is 2. The first-order chi connectivity index (χ1) is 6.92. The summed E-state index contributed by atoms with van der Waals surface area (Å²) >= 11 is 1.42. The number of hydrogen-bond acceptors (Lipinski definition) is 4. The Kier molecular flexibility index (Phi) is 3.41. The van der Waals surface area contributed by atoms with Crippen molar-refractivity contribution in [2.75, 3.05) is 0 Å². The van der Waals surface area contributed by atoms with Gasteiger partial charge in [0.15, 0.2) is 0 Å². The Morgan fingerprint density at radius 3 is 2.73 bits per heavy atom. The van der Waals surface area contributed by atoms with Gasteiger partial charge in [0.2, 0.25) is 11.8 Å². The van der Waals surface area contributed by atoms with Gasteiger partial charge in [0.25, 0.3) is 0 Å². The van der Waals surface area contributed by atoms with E-state index in [0.717, 1.165) is 0 Å². The molecule has 1 aromatic heterocycles. The summed E-state index contributed by atoms with van der Waals surface area (Å²) in [6, 6.07) is 0. The van der Waals surface area contributed by atoms with Crippen molar-refractivity contribution < 1.29 is 9.59 Å².